The van der Waals surface area contributed by atoms with E-state index in [0.717, 1.165) is 24.3 Å². The third-order valence-electron chi connectivity index (χ3n) is 2.01. The minimum absolute atomic E-state index is 0.659. The van der Waals surface area contributed by atoms with E-state index >= 15 is 0 Å². The van der Waals surface area contributed by atoms with E-state index in [9.17, 15) is 0 Å². The maximum atomic E-state index is 8.76. The van der Waals surface area contributed by atoms with Crippen LogP contribution < -0.4 is 5.73 Å². The number of nitrogen functional groups attached to an aromatic ring is 1. The Balaban J connectivity index is 3.28. The Morgan fingerprint density at radius 1 is 1.58 bits per heavy atom. The normalized spacial score (nSPS) is 9.75. The molecule has 64 valence electrons. The van der Waals surface area contributed by atoms with Crippen LogP contribution in [-0.4, -0.2) is 4.57 Å². The fourth-order valence-electron chi connectivity index (χ4n) is 1.46. The van der Waals surface area contributed by atoms with Crippen LogP contribution in [0.3, 0.4) is 0 Å². The van der Waals surface area contributed by atoms with Gasteiger partial charge < -0.3 is 10.3 Å². The van der Waals surface area contributed by atoms with Crippen molar-refractivity contribution in [2.24, 2.45) is 0 Å². The van der Waals surface area contributed by atoms with Crippen LogP contribution >= 0.6 is 0 Å². The van der Waals surface area contributed by atoms with E-state index in [1.807, 2.05) is 18.4 Å². The first-order valence-electron chi connectivity index (χ1n) is 4.12. The van der Waals surface area contributed by atoms with Crippen molar-refractivity contribution in [3.63, 3.8) is 0 Å². The number of hydrogen-bond donors (Lipinski definition) is 1. The lowest BCUT2D eigenvalue weighted by Gasteiger charge is -2.05. The Morgan fingerprint density at radius 3 is 2.67 bits per heavy atom. The molecule has 12 heavy (non-hydrogen) atoms. The summed E-state index contributed by atoms with van der Waals surface area (Å²) in [6.07, 6.45) is 0.876. The fourth-order valence-corrected chi connectivity index (χ4v) is 1.46. The minimum atomic E-state index is 0.659. The zero-order valence-electron chi connectivity index (χ0n) is 7.46. The van der Waals surface area contributed by atoms with Crippen LogP contribution in [0, 0.1) is 11.3 Å². The molecule has 0 spiro atoms. The van der Waals surface area contributed by atoms with Crippen LogP contribution in [0.15, 0.2) is 6.07 Å². The average Bonchev–Trinajstić information content (AvgIpc) is 2.40. The molecule has 0 aliphatic carbocycles. The van der Waals surface area contributed by atoms with Gasteiger partial charge in [0.15, 0.2) is 0 Å². The molecule has 0 amide bonds. The zero-order valence-corrected chi connectivity index (χ0v) is 7.46. The van der Waals surface area contributed by atoms with Gasteiger partial charge in [0.05, 0.1) is 5.69 Å². The highest BCUT2D eigenvalue weighted by molar-refractivity contribution is 5.50. The molecule has 3 heteroatoms. The lowest BCUT2D eigenvalue weighted by Crippen LogP contribution is -2.03. The quantitative estimate of drug-likeness (QED) is 0.718. The molecule has 0 radical (unpaired) electrons. The smallest absolute Gasteiger partial charge is 0.122 e. The molecule has 0 saturated carbocycles. The topological polar surface area (TPSA) is 54.7 Å². The third-order valence-corrected chi connectivity index (χ3v) is 2.01. The van der Waals surface area contributed by atoms with Crippen LogP contribution in [0.2, 0.25) is 0 Å². The zero-order chi connectivity index (χ0) is 9.14. The van der Waals surface area contributed by atoms with Crippen molar-refractivity contribution in [1.29, 1.82) is 5.26 Å². The van der Waals surface area contributed by atoms with Gasteiger partial charge in [-0.3, -0.25) is 0 Å². The van der Waals surface area contributed by atoms with Crippen molar-refractivity contribution >= 4 is 5.69 Å². The molecule has 1 aromatic heterocycles. The van der Waals surface area contributed by atoms with Gasteiger partial charge in [0.25, 0.3) is 0 Å². The summed E-state index contributed by atoms with van der Waals surface area (Å²) in [5.74, 6) is 0. The molecule has 0 aliphatic rings. The summed E-state index contributed by atoms with van der Waals surface area (Å²) in [5, 5.41) is 8.76. The Kier molecular flexibility index (Phi) is 2.39. The monoisotopic (exact) mass is 163 g/mol. The summed E-state index contributed by atoms with van der Waals surface area (Å²) in [4.78, 5) is 0. The molecule has 1 aromatic rings. The fraction of sp³-hybridized carbons (Fsp3) is 0.444. The van der Waals surface area contributed by atoms with E-state index in [1.54, 1.807) is 6.07 Å². The highest BCUT2D eigenvalue weighted by Crippen LogP contribution is 2.18. The lowest BCUT2D eigenvalue weighted by molar-refractivity contribution is 0.713. The summed E-state index contributed by atoms with van der Waals surface area (Å²) in [7, 11) is 0. The minimum Gasteiger partial charge on any atom is -0.397 e. The molecule has 2 N–H and O–H groups in total. The molecule has 0 atom stereocenters. The highest BCUT2D eigenvalue weighted by atomic mass is 15.0. The molecular formula is C9H13N3. The third kappa shape index (κ3) is 1.16. The first kappa shape index (κ1) is 8.66. The predicted molar refractivity (Wildman–Crippen MR) is 48.6 cm³/mol. The predicted octanol–water partition coefficient (Wildman–Crippen LogP) is 1.52. The molecule has 0 aromatic carbocycles. The maximum absolute atomic E-state index is 8.76. The first-order valence-corrected chi connectivity index (χ1v) is 4.12. The molecule has 0 unspecified atom stereocenters. The van der Waals surface area contributed by atoms with Gasteiger partial charge in [-0.25, -0.2) is 0 Å². The number of aromatic nitrogens is 1. The van der Waals surface area contributed by atoms with E-state index in [0.29, 0.717) is 5.69 Å². The van der Waals surface area contributed by atoms with Gasteiger partial charge in [-0.05, 0) is 19.4 Å². The second kappa shape index (κ2) is 3.31. The van der Waals surface area contributed by atoms with Crippen LogP contribution in [0.25, 0.3) is 0 Å². The van der Waals surface area contributed by atoms with Gasteiger partial charge in [0.2, 0.25) is 0 Å². The molecule has 1 rings (SSSR count). The van der Waals surface area contributed by atoms with Crippen molar-refractivity contribution in [3.8, 4) is 6.07 Å². The molecule has 0 bridgehead atoms. The molecule has 0 saturated heterocycles. The summed E-state index contributed by atoms with van der Waals surface area (Å²) in [6, 6.07) is 3.86. The van der Waals surface area contributed by atoms with Gasteiger partial charge in [-0.2, -0.15) is 5.26 Å². The van der Waals surface area contributed by atoms with E-state index < -0.39 is 0 Å². The van der Waals surface area contributed by atoms with E-state index in [1.165, 1.54) is 0 Å². The van der Waals surface area contributed by atoms with E-state index in [4.69, 9.17) is 11.0 Å². The van der Waals surface area contributed by atoms with Crippen molar-refractivity contribution < 1.29 is 0 Å². The number of nitriles is 1. The molecule has 3 nitrogen and oxygen atoms in total. The van der Waals surface area contributed by atoms with Gasteiger partial charge >= 0.3 is 0 Å². The Morgan fingerprint density at radius 2 is 2.25 bits per heavy atom. The second-order valence-corrected chi connectivity index (χ2v) is 2.64. The van der Waals surface area contributed by atoms with E-state index in [2.05, 4.69) is 6.07 Å². The maximum Gasteiger partial charge on any atom is 0.122 e. The van der Waals surface area contributed by atoms with Crippen molar-refractivity contribution in [2.75, 3.05) is 5.73 Å². The van der Waals surface area contributed by atoms with Crippen LogP contribution in [0.4, 0.5) is 5.69 Å². The Bertz CT molecular complexity index is 317. The van der Waals surface area contributed by atoms with Crippen LogP contribution in [0.5, 0.6) is 0 Å². The highest BCUT2D eigenvalue weighted by Gasteiger charge is 2.08. The lowest BCUT2D eigenvalue weighted by atomic mass is 10.3. The molecule has 0 aliphatic heterocycles. The van der Waals surface area contributed by atoms with Crippen molar-refractivity contribution in [3.05, 3.63) is 17.5 Å². The summed E-state index contributed by atoms with van der Waals surface area (Å²) < 4.78 is 1.95. The van der Waals surface area contributed by atoms with Gasteiger partial charge in [0, 0.05) is 12.2 Å². The number of nitrogens with zero attached hydrogens (tertiary/aromatic N) is 2. The van der Waals surface area contributed by atoms with Gasteiger partial charge in [-0.1, -0.05) is 6.92 Å². The SMILES string of the molecule is CCc1c(N)cc(C#N)n1CC. The number of hydrogen-bond acceptors (Lipinski definition) is 2. The second-order valence-electron chi connectivity index (χ2n) is 2.64. The molecule has 0 fully saturated rings. The summed E-state index contributed by atoms with van der Waals surface area (Å²) >= 11 is 0. The average molecular weight is 163 g/mol. The summed E-state index contributed by atoms with van der Waals surface area (Å²) in [5.41, 5.74) is 8.19. The Labute approximate surface area is 72.4 Å². The van der Waals surface area contributed by atoms with E-state index in [-0.39, 0.29) is 0 Å². The molecular weight excluding hydrogens is 150 g/mol. The van der Waals surface area contributed by atoms with Gasteiger partial charge in [0.1, 0.15) is 11.8 Å². The standard InChI is InChI=1S/C9H13N3/c1-3-9-8(11)5-7(6-10)12(9)4-2/h5H,3-4,11H2,1-2H3. The number of rotatable bonds is 2. The molecule has 1 heterocycles. The first-order chi connectivity index (χ1) is 5.74. The summed E-state index contributed by atoms with van der Waals surface area (Å²) in [6.45, 7) is 4.86. The van der Waals surface area contributed by atoms with Crippen molar-refractivity contribution in [1.82, 2.24) is 4.57 Å². The van der Waals surface area contributed by atoms with Gasteiger partial charge in [-0.15, -0.1) is 0 Å². The Hall–Kier alpha value is -1.43. The van der Waals surface area contributed by atoms with Crippen molar-refractivity contribution in [2.45, 2.75) is 26.8 Å². The number of nitrogens with two attached hydrogens (primary N) is 1. The van der Waals surface area contributed by atoms with Crippen LogP contribution in [0.1, 0.15) is 25.2 Å². The number of anilines is 1. The van der Waals surface area contributed by atoms with Crippen LogP contribution in [-0.2, 0) is 13.0 Å². The largest absolute Gasteiger partial charge is 0.397 e.